The summed E-state index contributed by atoms with van der Waals surface area (Å²) in [5.74, 6) is 1.09. The van der Waals surface area contributed by atoms with Gasteiger partial charge in [0.15, 0.2) is 11.0 Å². The van der Waals surface area contributed by atoms with E-state index in [-0.39, 0.29) is 11.7 Å². The van der Waals surface area contributed by atoms with Crippen LogP contribution in [0.3, 0.4) is 0 Å². The smallest absolute Gasteiger partial charge is 0.286 e. The lowest BCUT2D eigenvalue weighted by Gasteiger charge is -2.35. The van der Waals surface area contributed by atoms with Crippen LogP contribution in [-0.4, -0.2) is 52.8 Å². The number of thioether (sulfide) groups is 1. The van der Waals surface area contributed by atoms with Crippen LogP contribution in [0.25, 0.3) is 17.4 Å². The van der Waals surface area contributed by atoms with E-state index in [4.69, 9.17) is 4.42 Å². The molecule has 0 unspecified atom stereocenters. The summed E-state index contributed by atoms with van der Waals surface area (Å²) in [4.78, 5) is 33.5. The van der Waals surface area contributed by atoms with Gasteiger partial charge in [0.25, 0.3) is 5.91 Å². The van der Waals surface area contributed by atoms with Crippen molar-refractivity contribution in [1.82, 2.24) is 9.80 Å². The topological polar surface area (TPSA) is 66.1 Å². The summed E-state index contributed by atoms with van der Waals surface area (Å²) in [6.07, 6.45) is 1.75. The Kier molecular flexibility index (Phi) is 6.47. The van der Waals surface area contributed by atoms with Gasteiger partial charge >= 0.3 is 0 Å². The summed E-state index contributed by atoms with van der Waals surface area (Å²) >= 11 is 1.41. The normalized spacial score (nSPS) is 17.9. The fourth-order valence-corrected chi connectivity index (χ4v) is 5.00. The van der Waals surface area contributed by atoms with Crippen molar-refractivity contribution in [3.63, 3.8) is 0 Å². The third-order valence-electron chi connectivity index (χ3n) is 5.98. The highest BCUT2D eigenvalue weighted by Crippen LogP contribution is 2.32. The van der Waals surface area contributed by atoms with Crippen molar-refractivity contribution in [3.05, 3.63) is 88.5 Å². The molecule has 0 atom stereocenters. The highest BCUT2D eigenvalue weighted by atomic mass is 32.2. The molecule has 1 aromatic heterocycles. The van der Waals surface area contributed by atoms with Crippen LogP contribution in [0.1, 0.15) is 28.6 Å². The Morgan fingerprint density at radius 2 is 1.74 bits per heavy atom. The van der Waals surface area contributed by atoms with Crippen molar-refractivity contribution in [2.75, 3.05) is 26.2 Å². The van der Waals surface area contributed by atoms with E-state index in [0.29, 0.717) is 22.0 Å². The maximum atomic E-state index is 12.5. The minimum atomic E-state index is -0.226. The molecule has 5 rings (SSSR count). The summed E-state index contributed by atoms with van der Waals surface area (Å²) in [6, 6.07) is 21.5. The monoisotopic (exact) mass is 471 g/mol. The van der Waals surface area contributed by atoms with Gasteiger partial charge in [0.2, 0.25) is 0 Å². The van der Waals surface area contributed by atoms with Gasteiger partial charge in [0, 0.05) is 49.9 Å². The second kappa shape index (κ2) is 9.83. The van der Waals surface area contributed by atoms with Gasteiger partial charge in [-0.1, -0.05) is 54.6 Å². The van der Waals surface area contributed by atoms with E-state index in [1.807, 2.05) is 30.3 Å². The number of carbonyl (C=O) groups is 2. The maximum Gasteiger partial charge on any atom is 0.286 e. The molecule has 0 bridgehead atoms. The lowest BCUT2D eigenvalue weighted by Crippen LogP contribution is -2.47. The summed E-state index contributed by atoms with van der Waals surface area (Å²) in [6.45, 7) is 6.05. The molecule has 7 heteroatoms. The SMILES string of the molecule is CC(=O)c1ccc(-c2ccc(/C=C3\SC(N4CCN(Cc5ccccc5)CC4)=NC3=O)o2)cc1. The van der Waals surface area contributed by atoms with Crippen LogP contribution in [0.5, 0.6) is 0 Å². The Balaban J connectivity index is 1.19. The summed E-state index contributed by atoms with van der Waals surface area (Å²) in [5.41, 5.74) is 2.86. The van der Waals surface area contributed by atoms with Gasteiger partial charge in [-0.3, -0.25) is 14.5 Å². The molecular weight excluding hydrogens is 446 g/mol. The van der Waals surface area contributed by atoms with Crippen LogP contribution in [0.15, 0.2) is 81.0 Å². The Labute approximate surface area is 203 Å². The summed E-state index contributed by atoms with van der Waals surface area (Å²) < 4.78 is 5.93. The van der Waals surface area contributed by atoms with Crippen LogP contribution < -0.4 is 0 Å². The zero-order chi connectivity index (χ0) is 23.5. The number of Topliss-reactive ketones (excluding diaryl/α,β-unsaturated/α-hetero) is 1. The molecular formula is C27H25N3O3S. The first-order valence-corrected chi connectivity index (χ1v) is 12.1. The van der Waals surface area contributed by atoms with Crippen LogP contribution in [-0.2, 0) is 11.3 Å². The minimum absolute atomic E-state index is 0.0293. The number of ketones is 1. The van der Waals surface area contributed by atoms with E-state index < -0.39 is 0 Å². The van der Waals surface area contributed by atoms with Crippen molar-refractivity contribution in [2.45, 2.75) is 13.5 Å². The fourth-order valence-electron chi connectivity index (χ4n) is 4.06. The van der Waals surface area contributed by atoms with Gasteiger partial charge in [0.05, 0.1) is 4.91 Å². The average Bonchev–Trinajstić information content (AvgIpc) is 3.47. The summed E-state index contributed by atoms with van der Waals surface area (Å²) in [5, 5.41) is 0.766. The number of amides is 1. The van der Waals surface area contributed by atoms with Gasteiger partial charge in [-0.05, 0) is 36.4 Å². The van der Waals surface area contributed by atoms with Gasteiger partial charge in [-0.15, -0.1) is 0 Å². The maximum absolute atomic E-state index is 12.5. The Hall–Kier alpha value is -3.42. The lowest BCUT2D eigenvalue weighted by atomic mass is 10.1. The first-order valence-electron chi connectivity index (χ1n) is 11.3. The fraction of sp³-hybridized carbons (Fsp3) is 0.222. The first kappa shape index (κ1) is 22.4. The number of furan rings is 1. The van der Waals surface area contributed by atoms with Crippen molar-refractivity contribution in [3.8, 4) is 11.3 Å². The zero-order valence-corrected chi connectivity index (χ0v) is 19.8. The molecule has 1 saturated heterocycles. The molecule has 2 aliphatic rings. The quantitative estimate of drug-likeness (QED) is 0.388. The molecule has 3 heterocycles. The number of benzene rings is 2. The van der Waals surface area contributed by atoms with E-state index >= 15 is 0 Å². The molecule has 172 valence electrons. The lowest BCUT2D eigenvalue weighted by molar-refractivity contribution is -0.113. The molecule has 2 aromatic carbocycles. The number of piperazine rings is 1. The summed E-state index contributed by atoms with van der Waals surface area (Å²) in [7, 11) is 0. The Morgan fingerprint density at radius 1 is 1.00 bits per heavy atom. The third-order valence-corrected chi connectivity index (χ3v) is 7.02. The number of carbonyl (C=O) groups excluding carboxylic acids is 2. The second-order valence-corrected chi connectivity index (χ2v) is 9.40. The van der Waals surface area contributed by atoms with Crippen LogP contribution >= 0.6 is 11.8 Å². The zero-order valence-electron chi connectivity index (χ0n) is 18.9. The van der Waals surface area contributed by atoms with E-state index in [1.165, 1.54) is 17.3 Å². The second-order valence-electron chi connectivity index (χ2n) is 8.39. The number of amidine groups is 1. The molecule has 2 aliphatic heterocycles. The van der Waals surface area contributed by atoms with Crippen molar-refractivity contribution in [1.29, 1.82) is 0 Å². The van der Waals surface area contributed by atoms with Gasteiger partial charge in [-0.25, -0.2) is 0 Å². The van der Waals surface area contributed by atoms with E-state index in [0.717, 1.165) is 43.5 Å². The highest BCUT2D eigenvalue weighted by Gasteiger charge is 2.28. The molecule has 0 aliphatic carbocycles. The van der Waals surface area contributed by atoms with Gasteiger partial charge in [0.1, 0.15) is 11.5 Å². The third kappa shape index (κ3) is 5.05. The minimum Gasteiger partial charge on any atom is -0.457 e. The van der Waals surface area contributed by atoms with Gasteiger partial charge < -0.3 is 9.32 Å². The predicted molar refractivity (Wildman–Crippen MR) is 135 cm³/mol. The van der Waals surface area contributed by atoms with Crippen molar-refractivity contribution in [2.24, 2.45) is 4.99 Å². The number of aliphatic imine (C=N–C) groups is 1. The predicted octanol–water partition coefficient (Wildman–Crippen LogP) is 4.94. The standard InChI is InChI=1S/C27H25N3O3S/c1-19(31)21-7-9-22(10-8-21)24-12-11-23(33-24)17-25-26(32)28-27(34-25)30-15-13-29(14-16-30)18-20-5-3-2-4-6-20/h2-12,17H,13-16,18H2,1H3/b25-17-. The van der Waals surface area contributed by atoms with Crippen molar-refractivity contribution < 1.29 is 14.0 Å². The van der Waals surface area contributed by atoms with E-state index in [2.05, 4.69) is 39.1 Å². The molecule has 0 saturated carbocycles. The molecule has 1 amide bonds. The van der Waals surface area contributed by atoms with E-state index in [1.54, 1.807) is 25.1 Å². The largest absolute Gasteiger partial charge is 0.457 e. The van der Waals surface area contributed by atoms with Gasteiger partial charge in [-0.2, -0.15) is 4.99 Å². The van der Waals surface area contributed by atoms with E-state index in [9.17, 15) is 9.59 Å². The molecule has 0 N–H and O–H groups in total. The van der Waals surface area contributed by atoms with Crippen LogP contribution in [0.2, 0.25) is 0 Å². The Bertz CT molecular complexity index is 1250. The Morgan fingerprint density at radius 3 is 2.44 bits per heavy atom. The molecule has 34 heavy (non-hydrogen) atoms. The number of hydrogen-bond acceptors (Lipinski definition) is 6. The first-order chi connectivity index (χ1) is 16.5. The molecule has 0 spiro atoms. The number of rotatable bonds is 5. The average molecular weight is 472 g/mol. The number of hydrogen-bond donors (Lipinski definition) is 0. The molecule has 3 aromatic rings. The number of nitrogens with zero attached hydrogens (tertiary/aromatic N) is 3. The van der Waals surface area contributed by atoms with Crippen molar-refractivity contribution >= 4 is 34.7 Å². The molecule has 0 radical (unpaired) electrons. The van der Waals surface area contributed by atoms with Crippen LogP contribution in [0.4, 0.5) is 0 Å². The molecule has 1 fully saturated rings. The highest BCUT2D eigenvalue weighted by molar-refractivity contribution is 8.18. The molecule has 6 nitrogen and oxygen atoms in total. The van der Waals surface area contributed by atoms with Crippen LogP contribution in [0, 0.1) is 0 Å².